The van der Waals surface area contributed by atoms with E-state index in [-0.39, 0.29) is 5.60 Å². The van der Waals surface area contributed by atoms with Crippen LogP contribution in [0, 0.1) is 5.92 Å². The van der Waals surface area contributed by atoms with E-state index < -0.39 is 0 Å². The highest BCUT2D eigenvalue weighted by molar-refractivity contribution is 4.79. The fourth-order valence-electron chi connectivity index (χ4n) is 2.08. The van der Waals surface area contributed by atoms with Crippen LogP contribution >= 0.6 is 0 Å². The number of hydrogen-bond acceptors (Lipinski definition) is 2. The minimum atomic E-state index is 0.000726. The van der Waals surface area contributed by atoms with E-state index in [1.807, 2.05) is 0 Å². The fraction of sp³-hybridized carbons (Fsp3) is 1.00. The van der Waals surface area contributed by atoms with Crippen LogP contribution in [0.15, 0.2) is 0 Å². The lowest BCUT2D eigenvalue weighted by Crippen LogP contribution is -2.38. The second-order valence-corrected chi connectivity index (χ2v) is 5.11. The average molecular weight is 215 g/mol. The zero-order valence-corrected chi connectivity index (χ0v) is 11.4. The van der Waals surface area contributed by atoms with Crippen molar-refractivity contribution in [2.45, 2.75) is 65.5 Å². The highest BCUT2D eigenvalue weighted by atomic mass is 16.5. The summed E-state index contributed by atoms with van der Waals surface area (Å²) in [7, 11) is 1.80. The molecule has 0 spiro atoms. The molecule has 0 amide bonds. The molecule has 2 atom stereocenters. The van der Waals surface area contributed by atoms with Gasteiger partial charge in [-0.3, -0.25) is 0 Å². The van der Waals surface area contributed by atoms with Crippen molar-refractivity contribution in [1.29, 1.82) is 0 Å². The summed E-state index contributed by atoms with van der Waals surface area (Å²) in [6, 6.07) is 0.624. The first-order valence-electron chi connectivity index (χ1n) is 6.25. The van der Waals surface area contributed by atoms with E-state index >= 15 is 0 Å². The summed E-state index contributed by atoms with van der Waals surface area (Å²) in [5.41, 5.74) is 0.000726. The Morgan fingerprint density at radius 3 is 2.27 bits per heavy atom. The first kappa shape index (κ1) is 14.9. The van der Waals surface area contributed by atoms with E-state index in [1.165, 1.54) is 12.8 Å². The first-order valence-corrected chi connectivity index (χ1v) is 6.25. The Labute approximate surface area is 95.8 Å². The maximum atomic E-state index is 5.48. The molecule has 1 N–H and O–H groups in total. The lowest BCUT2D eigenvalue weighted by molar-refractivity contribution is -0.000487. The molecule has 92 valence electrons. The van der Waals surface area contributed by atoms with Crippen LogP contribution in [0.1, 0.15) is 53.9 Å². The third-order valence-electron chi connectivity index (χ3n) is 3.15. The van der Waals surface area contributed by atoms with E-state index in [4.69, 9.17) is 4.74 Å². The zero-order valence-electron chi connectivity index (χ0n) is 11.4. The smallest absolute Gasteiger partial charge is 0.0625 e. The summed E-state index contributed by atoms with van der Waals surface area (Å²) < 4.78 is 5.48. The number of methoxy groups -OCH3 is 1. The highest BCUT2D eigenvalue weighted by Crippen LogP contribution is 2.23. The van der Waals surface area contributed by atoms with E-state index in [9.17, 15) is 0 Å². The van der Waals surface area contributed by atoms with Crippen molar-refractivity contribution in [3.05, 3.63) is 0 Å². The standard InChI is InChI=1S/C13H29NO/c1-7-9-14-12(8-2)11(3)10-13(4,5)15-6/h11-12,14H,7-10H2,1-6H3. The molecular formula is C13H29NO. The Morgan fingerprint density at radius 2 is 1.87 bits per heavy atom. The van der Waals surface area contributed by atoms with Gasteiger partial charge in [-0.1, -0.05) is 20.8 Å². The maximum Gasteiger partial charge on any atom is 0.0625 e. The molecule has 0 aliphatic rings. The van der Waals surface area contributed by atoms with E-state index in [2.05, 4.69) is 39.9 Å². The van der Waals surface area contributed by atoms with Gasteiger partial charge >= 0.3 is 0 Å². The third kappa shape index (κ3) is 6.16. The first-order chi connectivity index (χ1) is 6.96. The minimum absolute atomic E-state index is 0.000726. The van der Waals surface area contributed by atoms with Gasteiger partial charge in [0.1, 0.15) is 0 Å². The molecule has 0 radical (unpaired) electrons. The van der Waals surface area contributed by atoms with Gasteiger partial charge in [-0.2, -0.15) is 0 Å². The van der Waals surface area contributed by atoms with Crippen molar-refractivity contribution in [3.63, 3.8) is 0 Å². The molecule has 0 rings (SSSR count). The summed E-state index contributed by atoms with van der Waals surface area (Å²) in [4.78, 5) is 0. The van der Waals surface area contributed by atoms with Crippen LogP contribution in [0.5, 0.6) is 0 Å². The number of rotatable bonds is 8. The van der Waals surface area contributed by atoms with Crippen molar-refractivity contribution in [2.75, 3.05) is 13.7 Å². The maximum absolute atomic E-state index is 5.48. The number of ether oxygens (including phenoxy) is 1. The summed E-state index contributed by atoms with van der Waals surface area (Å²) in [6.07, 6.45) is 3.51. The molecular weight excluding hydrogens is 186 g/mol. The van der Waals surface area contributed by atoms with Crippen molar-refractivity contribution >= 4 is 0 Å². The molecule has 0 saturated heterocycles. The quantitative estimate of drug-likeness (QED) is 0.671. The van der Waals surface area contributed by atoms with Gasteiger partial charge in [0.05, 0.1) is 5.60 Å². The van der Waals surface area contributed by atoms with E-state index in [1.54, 1.807) is 7.11 Å². The van der Waals surface area contributed by atoms with Gasteiger partial charge in [0.25, 0.3) is 0 Å². The summed E-state index contributed by atoms with van der Waals surface area (Å²) in [6.45, 7) is 12.2. The van der Waals surface area contributed by atoms with Crippen LogP contribution in [0.3, 0.4) is 0 Å². The Balaban J connectivity index is 4.08. The molecule has 0 bridgehead atoms. The van der Waals surface area contributed by atoms with Gasteiger partial charge in [0, 0.05) is 13.2 Å². The predicted octanol–water partition coefficient (Wildman–Crippen LogP) is 3.22. The predicted molar refractivity (Wildman–Crippen MR) is 67.2 cm³/mol. The Morgan fingerprint density at radius 1 is 1.27 bits per heavy atom. The second kappa shape index (κ2) is 7.24. The monoisotopic (exact) mass is 215 g/mol. The van der Waals surface area contributed by atoms with E-state index in [0.29, 0.717) is 12.0 Å². The molecule has 2 unspecified atom stereocenters. The van der Waals surface area contributed by atoms with Crippen molar-refractivity contribution in [1.82, 2.24) is 5.32 Å². The van der Waals surface area contributed by atoms with Crippen LogP contribution in [-0.4, -0.2) is 25.3 Å². The molecule has 15 heavy (non-hydrogen) atoms. The Kier molecular flexibility index (Phi) is 7.20. The van der Waals surface area contributed by atoms with Crippen molar-refractivity contribution < 1.29 is 4.74 Å². The molecule has 2 nitrogen and oxygen atoms in total. The minimum Gasteiger partial charge on any atom is -0.379 e. The van der Waals surface area contributed by atoms with Crippen LogP contribution < -0.4 is 5.32 Å². The SMILES string of the molecule is CCCNC(CC)C(C)CC(C)(C)OC. The lowest BCUT2D eigenvalue weighted by atomic mass is 9.88. The zero-order chi connectivity index (χ0) is 11.9. The topological polar surface area (TPSA) is 21.3 Å². The van der Waals surface area contributed by atoms with Crippen LogP contribution in [0.2, 0.25) is 0 Å². The van der Waals surface area contributed by atoms with Crippen molar-refractivity contribution in [3.8, 4) is 0 Å². The van der Waals surface area contributed by atoms with Crippen LogP contribution in [0.25, 0.3) is 0 Å². The molecule has 0 aliphatic heterocycles. The molecule has 0 aromatic heterocycles. The third-order valence-corrected chi connectivity index (χ3v) is 3.15. The van der Waals surface area contributed by atoms with Gasteiger partial charge in [-0.25, -0.2) is 0 Å². The second-order valence-electron chi connectivity index (χ2n) is 5.11. The lowest BCUT2D eigenvalue weighted by Gasteiger charge is -2.31. The fourth-order valence-corrected chi connectivity index (χ4v) is 2.08. The van der Waals surface area contributed by atoms with Gasteiger partial charge in [-0.15, -0.1) is 0 Å². The van der Waals surface area contributed by atoms with Gasteiger partial charge in [-0.05, 0) is 45.6 Å². The Bertz CT molecular complexity index is 157. The van der Waals surface area contributed by atoms with Crippen molar-refractivity contribution in [2.24, 2.45) is 5.92 Å². The normalized spacial score (nSPS) is 16.4. The molecule has 2 heteroatoms. The van der Waals surface area contributed by atoms with Gasteiger partial charge in [0.2, 0.25) is 0 Å². The van der Waals surface area contributed by atoms with Crippen LogP contribution in [-0.2, 0) is 4.74 Å². The number of hydrogen-bond donors (Lipinski definition) is 1. The van der Waals surface area contributed by atoms with Crippen LogP contribution in [0.4, 0.5) is 0 Å². The van der Waals surface area contributed by atoms with Gasteiger partial charge in [0.15, 0.2) is 0 Å². The molecule has 0 heterocycles. The molecule has 0 fully saturated rings. The van der Waals surface area contributed by atoms with E-state index in [0.717, 1.165) is 13.0 Å². The average Bonchev–Trinajstić information content (AvgIpc) is 2.18. The number of nitrogens with one attached hydrogen (secondary N) is 1. The van der Waals surface area contributed by atoms with Gasteiger partial charge < -0.3 is 10.1 Å². The molecule has 0 aromatic carbocycles. The molecule has 0 saturated carbocycles. The molecule has 0 aromatic rings. The summed E-state index contributed by atoms with van der Waals surface area (Å²) in [5, 5.41) is 3.61. The Hall–Kier alpha value is -0.0800. The summed E-state index contributed by atoms with van der Waals surface area (Å²) in [5.74, 6) is 0.663. The molecule has 0 aliphatic carbocycles. The largest absolute Gasteiger partial charge is 0.379 e. The summed E-state index contributed by atoms with van der Waals surface area (Å²) >= 11 is 0. The highest BCUT2D eigenvalue weighted by Gasteiger charge is 2.24.